The van der Waals surface area contributed by atoms with Gasteiger partial charge in [0.05, 0.1) is 13.2 Å². The van der Waals surface area contributed by atoms with Crippen LogP contribution < -0.4 is 10.1 Å². The molecule has 0 aliphatic carbocycles. The van der Waals surface area contributed by atoms with E-state index < -0.39 is 5.97 Å². The van der Waals surface area contributed by atoms with Gasteiger partial charge in [-0.3, -0.25) is 4.79 Å². The first-order valence-electron chi connectivity index (χ1n) is 8.44. The van der Waals surface area contributed by atoms with E-state index in [4.69, 9.17) is 9.47 Å². The molecule has 1 aromatic carbocycles. The van der Waals surface area contributed by atoms with Crippen LogP contribution in [-0.2, 0) is 9.53 Å². The number of nitrogens with one attached hydrogen (secondary N) is 1. The number of rotatable bonds is 7. The molecule has 0 saturated carbocycles. The van der Waals surface area contributed by atoms with E-state index >= 15 is 0 Å². The number of anilines is 1. The minimum atomic E-state index is -0.454. The van der Waals surface area contributed by atoms with Gasteiger partial charge < -0.3 is 14.8 Å². The molecule has 0 atom stereocenters. The lowest BCUT2D eigenvalue weighted by molar-refractivity contribution is -0.111. The highest BCUT2D eigenvalue weighted by Gasteiger charge is 2.22. The molecule has 1 heterocycles. The fraction of sp³-hybridized carbons (Fsp3) is 0.300. The maximum atomic E-state index is 12.5. The van der Waals surface area contributed by atoms with Crippen molar-refractivity contribution in [2.45, 2.75) is 27.7 Å². The van der Waals surface area contributed by atoms with Crippen molar-refractivity contribution < 1.29 is 19.1 Å². The van der Waals surface area contributed by atoms with Gasteiger partial charge in [-0.05, 0) is 45.4 Å². The van der Waals surface area contributed by atoms with Crippen LogP contribution >= 0.6 is 11.3 Å². The minimum Gasteiger partial charge on any atom is -0.494 e. The van der Waals surface area contributed by atoms with E-state index in [9.17, 15) is 9.59 Å². The van der Waals surface area contributed by atoms with Gasteiger partial charge in [-0.2, -0.15) is 0 Å². The van der Waals surface area contributed by atoms with Crippen LogP contribution in [-0.4, -0.2) is 25.1 Å². The van der Waals surface area contributed by atoms with Crippen LogP contribution in [0, 0.1) is 0 Å². The van der Waals surface area contributed by atoms with Gasteiger partial charge in [0.25, 0.3) is 0 Å². The second kappa shape index (κ2) is 9.20. The van der Waals surface area contributed by atoms with Gasteiger partial charge in [-0.25, -0.2) is 4.79 Å². The van der Waals surface area contributed by atoms with Crippen LogP contribution in [0.25, 0.3) is 11.1 Å². The normalized spacial score (nSPS) is 10.2. The highest BCUT2D eigenvalue weighted by atomic mass is 32.1. The first-order chi connectivity index (χ1) is 12.5. The van der Waals surface area contributed by atoms with Gasteiger partial charge in [-0.1, -0.05) is 17.7 Å². The Morgan fingerprint density at radius 1 is 1.12 bits per heavy atom. The molecule has 0 unspecified atom stereocenters. The van der Waals surface area contributed by atoms with Crippen molar-refractivity contribution >= 4 is 28.2 Å². The second-order valence-electron chi connectivity index (χ2n) is 5.74. The van der Waals surface area contributed by atoms with Crippen LogP contribution in [0.4, 0.5) is 5.00 Å². The average molecular weight is 373 g/mol. The highest BCUT2D eigenvalue weighted by molar-refractivity contribution is 7.15. The lowest BCUT2D eigenvalue weighted by Gasteiger charge is -2.09. The third-order valence-corrected chi connectivity index (χ3v) is 4.30. The van der Waals surface area contributed by atoms with Crippen LogP contribution in [0.5, 0.6) is 5.75 Å². The van der Waals surface area contributed by atoms with E-state index in [0.717, 1.165) is 22.4 Å². The largest absolute Gasteiger partial charge is 0.494 e. The minimum absolute atomic E-state index is 0.263. The second-order valence-corrected chi connectivity index (χ2v) is 6.62. The van der Waals surface area contributed by atoms with Gasteiger partial charge >= 0.3 is 5.97 Å². The van der Waals surface area contributed by atoms with Gasteiger partial charge in [0.1, 0.15) is 16.3 Å². The quantitative estimate of drug-likeness (QED) is 0.554. The first kappa shape index (κ1) is 19.7. The van der Waals surface area contributed by atoms with Crippen molar-refractivity contribution in [3.05, 3.63) is 46.9 Å². The van der Waals surface area contributed by atoms with Crippen molar-refractivity contribution in [2.75, 3.05) is 18.5 Å². The molecule has 2 rings (SSSR count). The lowest BCUT2D eigenvalue weighted by Crippen LogP contribution is -2.12. The molecule has 1 aromatic heterocycles. The average Bonchev–Trinajstić information content (AvgIpc) is 2.98. The third kappa shape index (κ3) is 4.95. The molecule has 5 nitrogen and oxygen atoms in total. The number of ether oxygens (including phenoxy) is 2. The molecule has 6 heteroatoms. The van der Waals surface area contributed by atoms with Crippen LogP contribution in [0.2, 0.25) is 0 Å². The molecule has 0 spiro atoms. The summed E-state index contributed by atoms with van der Waals surface area (Å²) in [5, 5.41) is 5.11. The van der Waals surface area contributed by atoms with Crippen LogP contribution in [0.15, 0.2) is 41.3 Å². The molecule has 0 bridgehead atoms. The van der Waals surface area contributed by atoms with E-state index in [2.05, 4.69) is 5.32 Å². The lowest BCUT2D eigenvalue weighted by atomic mass is 10.0. The molecular weight excluding hydrogens is 350 g/mol. The van der Waals surface area contributed by atoms with E-state index in [1.54, 1.807) is 6.92 Å². The Bertz CT molecular complexity index is 802. The molecule has 1 N–H and O–H groups in total. The van der Waals surface area contributed by atoms with E-state index in [1.165, 1.54) is 17.4 Å². The summed E-state index contributed by atoms with van der Waals surface area (Å²) >= 11 is 1.30. The summed E-state index contributed by atoms with van der Waals surface area (Å²) in [4.78, 5) is 24.6. The zero-order valence-electron chi connectivity index (χ0n) is 15.4. The number of carbonyl (C=O) groups is 2. The molecule has 0 aliphatic heterocycles. The van der Waals surface area contributed by atoms with Gasteiger partial charge in [0.15, 0.2) is 0 Å². The van der Waals surface area contributed by atoms with Crippen molar-refractivity contribution in [1.29, 1.82) is 0 Å². The molecular formula is C20H23NO4S. The Morgan fingerprint density at radius 2 is 1.81 bits per heavy atom. The zero-order chi connectivity index (χ0) is 19.1. The SMILES string of the molecule is CCOC(=O)c1c(-c2ccc(OCC)cc2)csc1NC(=O)C=C(C)C. The topological polar surface area (TPSA) is 64.6 Å². The summed E-state index contributed by atoms with van der Waals surface area (Å²) in [6, 6.07) is 7.48. The van der Waals surface area contributed by atoms with Crippen molar-refractivity contribution in [2.24, 2.45) is 0 Å². The predicted molar refractivity (Wildman–Crippen MR) is 105 cm³/mol. The Hall–Kier alpha value is -2.60. The molecule has 26 heavy (non-hydrogen) atoms. The highest BCUT2D eigenvalue weighted by Crippen LogP contribution is 2.36. The summed E-state index contributed by atoms with van der Waals surface area (Å²) in [6.07, 6.45) is 1.49. The maximum absolute atomic E-state index is 12.5. The smallest absolute Gasteiger partial charge is 0.341 e. The molecule has 0 radical (unpaired) electrons. The standard InChI is InChI=1S/C20H23NO4S/c1-5-24-15-9-7-14(8-10-15)16-12-26-19(18(16)20(23)25-6-2)21-17(22)11-13(3)4/h7-12H,5-6H2,1-4H3,(H,21,22). The summed E-state index contributed by atoms with van der Waals surface area (Å²) in [5.41, 5.74) is 2.83. The molecule has 0 saturated heterocycles. The van der Waals surface area contributed by atoms with E-state index in [0.29, 0.717) is 17.2 Å². The maximum Gasteiger partial charge on any atom is 0.341 e. The molecule has 1 amide bonds. The number of benzene rings is 1. The predicted octanol–water partition coefficient (Wildman–Crippen LogP) is 4.90. The van der Waals surface area contributed by atoms with Crippen molar-refractivity contribution in [1.82, 2.24) is 0 Å². The Labute approximate surface area is 157 Å². The summed E-state index contributed by atoms with van der Waals surface area (Å²) < 4.78 is 10.6. The number of carbonyl (C=O) groups excluding carboxylic acids is 2. The Kier molecular flexibility index (Phi) is 6.97. The number of amides is 1. The number of hydrogen-bond acceptors (Lipinski definition) is 5. The third-order valence-electron chi connectivity index (χ3n) is 3.40. The molecule has 0 fully saturated rings. The van der Waals surface area contributed by atoms with Crippen molar-refractivity contribution in [3.8, 4) is 16.9 Å². The van der Waals surface area contributed by atoms with Gasteiger partial charge in [0, 0.05) is 17.0 Å². The molecule has 138 valence electrons. The molecule has 2 aromatic rings. The summed E-state index contributed by atoms with van der Waals surface area (Å²) in [6.45, 7) is 8.21. The van der Waals surface area contributed by atoms with Crippen LogP contribution in [0.1, 0.15) is 38.1 Å². The zero-order valence-corrected chi connectivity index (χ0v) is 16.2. The fourth-order valence-electron chi connectivity index (χ4n) is 2.38. The Balaban J connectivity index is 2.41. The van der Waals surface area contributed by atoms with Gasteiger partial charge in [0.2, 0.25) is 5.91 Å². The fourth-order valence-corrected chi connectivity index (χ4v) is 3.34. The van der Waals surface area contributed by atoms with Crippen molar-refractivity contribution in [3.63, 3.8) is 0 Å². The number of thiophene rings is 1. The number of allylic oxidation sites excluding steroid dienone is 1. The summed E-state index contributed by atoms with van der Waals surface area (Å²) in [5.74, 6) is 0.0435. The molecule has 0 aliphatic rings. The van der Waals surface area contributed by atoms with Crippen LogP contribution in [0.3, 0.4) is 0 Å². The van der Waals surface area contributed by atoms with Gasteiger partial charge in [-0.15, -0.1) is 11.3 Å². The summed E-state index contributed by atoms with van der Waals surface area (Å²) in [7, 11) is 0. The number of hydrogen-bond donors (Lipinski definition) is 1. The monoisotopic (exact) mass is 373 g/mol. The van der Waals surface area contributed by atoms with E-state index in [-0.39, 0.29) is 12.5 Å². The Morgan fingerprint density at radius 3 is 2.38 bits per heavy atom. The first-order valence-corrected chi connectivity index (χ1v) is 9.31. The van der Waals surface area contributed by atoms with E-state index in [1.807, 2.05) is 50.4 Å². The number of esters is 1.